The first-order chi connectivity index (χ1) is 13.8. The molecule has 1 saturated heterocycles. The van der Waals surface area contributed by atoms with Crippen molar-refractivity contribution in [3.63, 3.8) is 0 Å². The second-order valence-electron chi connectivity index (χ2n) is 9.48. The molecule has 0 N–H and O–H groups in total. The van der Waals surface area contributed by atoms with E-state index in [0.29, 0.717) is 5.92 Å². The van der Waals surface area contributed by atoms with Crippen LogP contribution in [0.1, 0.15) is 88.5 Å². The van der Waals surface area contributed by atoms with E-state index in [1.54, 1.807) is 12.1 Å². The molecule has 2 nitrogen and oxygen atoms in total. The normalized spacial score (nSPS) is 31.9. The molecular formula is C25H37FO2. The van der Waals surface area contributed by atoms with Gasteiger partial charge in [-0.1, -0.05) is 50.7 Å². The molecule has 2 saturated carbocycles. The van der Waals surface area contributed by atoms with Gasteiger partial charge in [-0.15, -0.1) is 0 Å². The average molecular weight is 389 g/mol. The van der Waals surface area contributed by atoms with Crippen LogP contribution in [0.25, 0.3) is 0 Å². The average Bonchev–Trinajstić information content (AvgIpc) is 3.26. The van der Waals surface area contributed by atoms with Gasteiger partial charge in [0.2, 0.25) is 0 Å². The summed E-state index contributed by atoms with van der Waals surface area (Å²) in [6, 6.07) is 7.21. The van der Waals surface area contributed by atoms with E-state index >= 15 is 0 Å². The van der Waals surface area contributed by atoms with Crippen LogP contribution in [0, 0.1) is 23.6 Å². The predicted octanol–water partition coefficient (Wildman–Crippen LogP) is 6.84. The summed E-state index contributed by atoms with van der Waals surface area (Å²) in [7, 11) is 0. The summed E-state index contributed by atoms with van der Waals surface area (Å²) in [5.41, 5.74) is 1.34. The van der Waals surface area contributed by atoms with E-state index in [-0.39, 0.29) is 12.1 Å². The molecule has 3 fully saturated rings. The molecular weight excluding hydrogens is 351 g/mol. The summed E-state index contributed by atoms with van der Waals surface area (Å²) in [5, 5.41) is 0. The fourth-order valence-electron chi connectivity index (χ4n) is 5.75. The SMILES string of the molecule is Fc1ccc([C@H]2CC[C@H](CC[C@H]3CC[C@H](CCC4OCCO4)CC3)CC2)cc1. The molecule has 3 heteroatoms. The Labute approximate surface area is 170 Å². The number of ether oxygens (including phenoxy) is 2. The highest BCUT2D eigenvalue weighted by molar-refractivity contribution is 5.20. The fraction of sp³-hybridized carbons (Fsp3) is 0.760. The van der Waals surface area contributed by atoms with Gasteiger partial charge in [-0.05, 0) is 79.9 Å². The van der Waals surface area contributed by atoms with Gasteiger partial charge in [-0.2, -0.15) is 0 Å². The van der Waals surface area contributed by atoms with E-state index in [4.69, 9.17) is 9.47 Å². The number of rotatable bonds is 7. The van der Waals surface area contributed by atoms with Crippen LogP contribution in [0.3, 0.4) is 0 Å². The van der Waals surface area contributed by atoms with Gasteiger partial charge < -0.3 is 9.47 Å². The van der Waals surface area contributed by atoms with Crippen LogP contribution in [0.5, 0.6) is 0 Å². The molecule has 3 aliphatic rings. The Balaban J connectivity index is 1.09. The Hall–Kier alpha value is -0.930. The van der Waals surface area contributed by atoms with Crippen LogP contribution in [0.2, 0.25) is 0 Å². The second-order valence-corrected chi connectivity index (χ2v) is 9.48. The van der Waals surface area contributed by atoms with Crippen molar-refractivity contribution in [2.75, 3.05) is 13.2 Å². The molecule has 28 heavy (non-hydrogen) atoms. The van der Waals surface area contributed by atoms with Gasteiger partial charge in [-0.3, -0.25) is 0 Å². The maximum atomic E-state index is 13.1. The lowest BCUT2D eigenvalue weighted by atomic mass is 9.74. The first-order valence-corrected chi connectivity index (χ1v) is 11.7. The Morgan fingerprint density at radius 2 is 1.11 bits per heavy atom. The molecule has 0 aromatic heterocycles. The van der Waals surface area contributed by atoms with Crippen LogP contribution in [-0.2, 0) is 9.47 Å². The molecule has 0 amide bonds. The molecule has 1 aromatic carbocycles. The number of benzene rings is 1. The topological polar surface area (TPSA) is 18.5 Å². The standard InChI is InChI=1S/C25H37FO2/c26-24-14-12-23(13-15-24)22-10-7-21(8-11-22)6-3-19-1-4-20(5-2-19)9-16-25-27-17-18-28-25/h12-15,19-22,25H,1-11,16-18H2/t19-,20-,21-,22-. The van der Waals surface area contributed by atoms with Crippen LogP contribution in [-0.4, -0.2) is 19.5 Å². The summed E-state index contributed by atoms with van der Waals surface area (Å²) >= 11 is 0. The summed E-state index contributed by atoms with van der Waals surface area (Å²) in [6.45, 7) is 1.56. The van der Waals surface area contributed by atoms with Gasteiger partial charge in [0.25, 0.3) is 0 Å². The lowest BCUT2D eigenvalue weighted by molar-refractivity contribution is -0.0512. The third kappa shape index (κ3) is 5.79. The highest BCUT2D eigenvalue weighted by atomic mass is 19.1. The fourth-order valence-corrected chi connectivity index (χ4v) is 5.75. The summed E-state index contributed by atoms with van der Waals surface area (Å²) in [4.78, 5) is 0. The van der Waals surface area contributed by atoms with Crippen molar-refractivity contribution < 1.29 is 13.9 Å². The lowest BCUT2D eigenvalue weighted by Crippen LogP contribution is -2.19. The third-order valence-electron chi connectivity index (χ3n) is 7.64. The predicted molar refractivity (Wildman–Crippen MR) is 111 cm³/mol. The highest BCUT2D eigenvalue weighted by Crippen LogP contribution is 2.40. The van der Waals surface area contributed by atoms with Crippen molar-refractivity contribution in [3.8, 4) is 0 Å². The maximum Gasteiger partial charge on any atom is 0.157 e. The van der Waals surface area contributed by atoms with E-state index < -0.39 is 0 Å². The largest absolute Gasteiger partial charge is 0.350 e. The van der Waals surface area contributed by atoms with Gasteiger partial charge in [0.05, 0.1) is 13.2 Å². The molecule has 0 radical (unpaired) electrons. The zero-order chi connectivity index (χ0) is 19.2. The minimum Gasteiger partial charge on any atom is -0.350 e. The molecule has 1 aromatic rings. The zero-order valence-electron chi connectivity index (χ0n) is 17.3. The molecule has 0 spiro atoms. The Bertz CT molecular complexity index is 565. The van der Waals surface area contributed by atoms with Crippen LogP contribution < -0.4 is 0 Å². The van der Waals surface area contributed by atoms with E-state index in [0.717, 1.165) is 37.4 Å². The van der Waals surface area contributed by atoms with Crippen molar-refractivity contribution in [3.05, 3.63) is 35.6 Å². The molecule has 1 heterocycles. The van der Waals surface area contributed by atoms with Crippen LogP contribution >= 0.6 is 0 Å². The van der Waals surface area contributed by atoms with E-state index in [1.807, 2.05) is 12.1 Å². The molecule has 156 valence electrons. The highest BCUT2D eigenvalue weighted by Gasteiger charge is 2.26. The number of hydrogen-bond donors (Lipinski definition) is 0. The van der Waals surface area contributed by atoms with Crippen molar-refractivity contribution in [1.82, 2.24) is 0 Å². The quantitative estimate of drug-likeness (QED) is 0.509. The van der Waals surface area contributed by atoms with Gasteiger partial charge in [0.15, 0.2) is 6.29 Å². The Morgan fingerprint density at radius 3 is 1.64 bits per heavy atom. The molecule has 1 aliphatic heterocycles. The molecule has 2 aliphatic carbocycles. The zero-order valence-corrected chi connectivity index (χ0v) is 17.3. The first kappa shape index (κ1) is 20.3. The van der Waals surface area contributed by atoms with Gasteiger partial charge in [0.1, 0.15) is 5.82 Å². The van der Waals surface area contributed by atoms with E-state index in [2.05, 4.69) is 0 Å². The smallest absolute Gasteiger partial charge is 0.157 e. The van der Waals surface area contributed by atoms with Crippen LogP contribution in [0.15, 0.2) is 24.3 Å². The second kappa shape index (κ2) is 10.2. The van der Waals surface area contributed by atoms with Gasteiger partial charge in [0, 0.05) is 0 Å². The monoisotopic (exact) mass is 388 g/mol. The van der Waals surface area contributed by atoms with Crippen molar-refractivity contribution in [2.45, 2.75) is 89.3 Å². The van der Waals surface area contributed by atoms with E-state index in [9.17, 15) is 4.39 Å². The molecule has 0 bridgehead atoms. The minimum atomic E-state index is -0.118. The third-order valence-corrected chi connectivity index (χ3v) is 7.64. The van der Waals surface area contributed by atoms with E-state index in [1.165, 1.54) is 76.2 Å². The Morgan fingerprint density at radius 1 is 0.643 bits per heavy atom. The van der Waals surface area contributed by atoms with Crippen molar-refractivity contribution >= 4 is 0 Å². The number of halogens is 1. The molecule has 4 rings (SSSR count). The molecule has 0 atom stereocenters. The summed E-state index contributed by atoms with van der Waals surface area (Å²) < 4.78 is 24.3. The van der Waals surface area contributed by atoms with Gasteiger partial charge >= 0.3 is 0 Å². The Kier molecular flexibility index (Phi) is 7.42. The number of hydrogen-bond acceptors (Lipinski definition) is 2. The van der Waals surface area contributed by atoms with Crippen molar-refractivity contribution in [1.29, 1.82) is 0 Å². The lowest BCUT2D eigenvalue weighted by Gasteiger charge is -2.32. The molecule has 0 unspecified atom stereocenters. The maximum absolute atomic E-state index is 13.1. The van der Waals surface area contributed by atoms with Crippen LogP contribution in [0.4, 0.5) is 4.39 Å². The minimum absolute atomic E-state index is 0.0859. The first-order valence-electron chi connectivity index (χ1n) is 11.7. The van der Waals surface area contributed by atoms with Crippen molar-refractivity contribution in [2.24, 2.45) is 17.8 Å². The summed E-state index contributed by atoms with van der Waals surface area (Å²) in [6.07, 6.45) is 16.3. The van der Waals surface area contributed by atoms with Gasteiger partial charge in [-0.25, -0.2) is 4.39 Å². The summed E-state index contributed by atoms with van der Waals surface area (Å²) in [5.74, 6) is 3.32.